The molecule has 4 atom stereocenters. The van der Waals surface area contributed by atoms with E-state index in [0.29, 0.717) is 18.5 Å². The van der Waals surface area contributed by atoms with Crippen molar-refractivity contribution >= 4 is 0 Å². The number of piperidine rings is 1. The number of aliphatic hydroxyl groups is 2. The normalized spacial score (nSPS) is 41.8. The van der Waals surface area contributed by atoms with Crippen molar-refractivity contribution in [2.75, 3.05) is 13.1 Å². The highest BCUT2D eigenvalue weighted by Gasteiger charge is 2.38. The molecular weight excluding hydrogens is 204 g/mol. The SMILES string of the molecule is CC(C)C1CN(C2CCCN2)C(O)CC1O. The third-order valence-corrected chi connectivity index (χ3v) is 4.04. The zero-order valence-electron chi connectivity index (χ0n) is 10.3. The van der Waals surface area contributed by atoms with Crippen molar-refractivity contribution < 1.29 is 10.2 Å². The van der Waals surface area contributed by atoms with Gasteiger partial charge in [-0.15, -0.1) is 0 Å². The average molecular weight is 228 g/mol. The summed E-state index contributed by atoms with van der Waals surface area (Å²) < 4.78 is 0. The molecule has 2 saturated heterocycles. The van der Waals surface area contributed by atoms with E-state index in [0.717, 1.165) is 19.5 Å². The number of likely N-dealkylation sites (tertiary alicyclic amines) is 1. The summed E-state index contributed by atoms with van der Waals surface area (Å²) in [7, 11) is 0. The number of nitrogens with one attached hydrogen (secondary N) is 1. The van der Waals surface area contributed by atoms with Crippen molar-refractivity contribution in [1.29, 1.82) is 0 Å². The van der Waals surface area contributed by atoms with Crippen LogP contribution >= 0.6 is 0 Å². The molecule has 3 N–H and O–H groups in total. The Hall–Kier alpha value is -0.160. The van der Waals surface area contributed by atoms with Crippen molar-refractivity contribution in [3.8, 4) is 0 Å². The Morgan fingerprint density at radius 2 is 2.06 bits per heavy atom. The highest BCUT2D eigenvalue weighted by molar-refractivity contribution is 4.88. The van der Waals surface area contributed by atoms with Crippen LogP contribution in [0.15, 0.2) is 0 Å². The lowest BCUT2D eigenvalue weighted by Crippen LogP contribution is -2.57. The van der Waals surface area contributed by atoms with Gasteiger partial charge in [-0.25, -0.2) is 0 Å². The lowest BCUT2D eigenvalue weighted by Gasteiger charge is -2.44. The Labute approximate surface area is 97.6 Å². The topological polar surface area (TPSA) is 55.7 Å². The van der Waals surface area contributed by atoms with Crippen LogP contribution in [-0.4, -0.2) is 46.7 Å². The molecule has 0 aromatic rings. The molecule has 2 heterocycles. The van der Waals surface area contributed by atoms with Crippen LogP contribution in [0.2, 0.25) is 0 Å². The number of rotatable bonds is 2. The lowest BCUT2D eigenvalue weighted by atomic mass is 9.84. The summed E-state index contributed by atoms with van der Waals surface area (Å²) in [5.74, 6) is 0.747. The maximum Gasteiger partial charge on any atom is 0.111 e. The van der Waals surface area contributed by atoms with Crippen LogP contribution in [0.1, 0.15) is 33.1 Å². The van der Waals surface area contributed by atoms with Crippen LogP contribution in [0.3, 0.4) is 0 Å². The Kier molecular flexibility index (Phi) is 3.85. The van der Waals surface area contributed by atoms with Gasteiger partial charge >= 0.3 is 0 Å². The van der Waals surface area contributed by atoms with Gasteiger partial charge in [-0.1, -0.05) is 13.8 Å². The van der Waals surface area contributed by atoms with Crippen LogP contribution in [0, 0.1) is 11.8 Å². The molecule has 0 radical (unpaired) electrons. The molecule has 4 unspecified atom stereocenters. The van der Waals surface area contributed by atoms with Crippen LogP contribution < -0.4 is 5.32 Å². The second-order valence-corrected chi connectivity index (χ2v) is 5.50. The van der Waals surface area contributed by atoms with Crippen molar-refractivity contribution in [3.05, 3.63) is 0 Å². The molecule has 4 heteroatoms. The van der Waals surface area contributed by atoms with Gasteiger partial charge in [-0.2, -0.15) is 0 Å². The zero-order valence-corrected chi connectivity index (χ0v) is 10.3. The summed E-state index contributed by atoms with van der Waals surface area (Å²) in [6, 6.07) is 0. The van der Waals surface area contributed by atoms with Gasteiger partial charge < -0.3 is 15.5 Å². The summed E-state index contributed by atoms with van der Waals surface area (Å²) in [6.45, 7) is 6.14. The third-order valence-electron chi connectivity index (χ3n) is 4.04. The van der Waals surface area contributed by atoms with E-state index in [2.05, 4.69) is 24.1 Å². The maximum atomic E-state index is 10.0. The number of nitrogens with zero attached hydrogens (tertiary/aromatic N) is 1. The molecule has 4 nitrogen and oxygen atoms in total. The van der Waals surface area contributed by atoms with Gasteiger partial charge in [-0.05, 0) is 25.3 Å². The minimum atomic E-state index is -0.486. The maximum absolute atomic E-state index is 10.0. The second kappa shape index (κ2) is 5.00. The van der Waals surface area contributed by atoms with Gasteiger partial charge in [0.25, 0.3) is 0 Å². The molecule has 0 bridgehead atoms. The van der Waals surface area contributed by atoms with Crippen molar-refractivity contribution in [2.24, 2.45) is 11.8 Å². The monoisotopic (exact) mass is 228 g/mol. The second-order valence-electron chi connectivity index (χ2n) is 5.50. The third kappa shape index (κ3) is 2.40. The molecule has 0 aliphatic carbocycles. The van der Waals surface area contributed by atoms with E-state index in [1.807, 2.05) is 0 Å². The van der Waals surface area contributed by atoms with E-state index in [-0.39, 0.29) is 12.0 Å². The fourth-order valence-corrected chi connectivity index (χ4v) is 2.95. The molecule has 0 aromatic heterocycles. The Morgan fingerprint density at radius 1 is 1.31 bits per heavy atom. The minimum Gasteiger partial charge on any atom is -0.393 e. The van der Waals surface area contributed by atoms with Crippen LogP contribution in [0.4, 0.5) is 0 Å². The Bertz CT molecular complexity index is 229. The van der Waals surface area contributed by atoms with E-state index in [9.17, 15) is 10.2 Å². The summed E-state index contributed by atoms with van der Waals surface area (Å²) in [5.41, 5.74) is 0. The molecule has 16 heavy (non-hydrogen) atoms. The van der Waals surface area contributed by atoms with E-state index >= 15 is 0 Å². The van der Waals surface area contributed by atoms with Crippen molar-refractivity contribution in [3.63, 3.8) is 0 Å². The molecule has 94 valence electrons. The fraction of sp³-hybridized carbons (Fsp3) is 1.00. The summed E-state index contributed by atoms with van der Waals surface area (Å²) in [5, 5.41) is 23.4. The van der Waals surface area contributed by atoms with Gasteiger partial charge in [0.15, 0.2) is 0 Å². The lowest BCUT2D eigenvalue weighted by molar-refractivity contribution is -0.122. The molecule has 2 rings (SSSR count). The van der Waals surface area contributed by atoms with Gasteiger partial charge in [0.1, 0.15) is 6.23 Å². The Balaban J connectivity index is 2.01. The standard InChI is InChI=1S/C12H24N2O2/c1-8(2)9-7-14(11-4-3-5-13-11)12(16)6-10(9)15/h8-13,15-16H,3-7H2,1-2H3. The predicted molar refractivity (Wildman–Crippen MR) is 62.7 cm³/mol. The van der Waals surface area contributed by atoms with Gasteiger partial charge in [0.05, 0.1) is 12.3 Å². The minimum absolute atomic E-state index is 0.283. The van der Waals surface area contributed by atoms with Crippen molar-refractivity contribution in [1.82, 2.24) is 10.2 Å². The molecular formula is C12H24N2O2. The quantitative estimate of drug-likeness (QED) is 0.638. The smallest absolute Gasteiger partial charge is 0.111 e. The largest absolute Gasteiger partial charge is 0.393 e. The highest BCUT2D eigenvalue weighted by atomic mass is 16.3. The molecule has 0 aromatic carbocycles. The number of hydrogen-bond donors (Lipinski definition) is 3. The zero-order chi connectivity index (χ0) is 11.7. The van der Waals surface area contributed by atoms with E-state index in [1.165, 1.54) is 6.42 Å². The van der Waals surface area contributed by atoms with Gasteiger partial charge in [0.2, 0.25) is 0 Å². The summed E-state index contributed by atoms with van der Waals surface area (Å²) in [6.07, 6.45) is 2.25. The molecule has 0 saturated carbocycles. The first-order chi connectivity index (χ1) is 7.59. The van der Waals surface area contributed by atoms with Gasteiger partial charge in [-0.3, -0.25) is 4.90 Å². The fourth-order valence-electron chi connectivity index (χ4n) is 2.95. The molecule has 2 aliphatic rings. The predicted octanol–water partition coefficient (Wildman–Crippen LogP) is 0.353. The van der Waals surface area contributed by atoms with Crippen molar-refractivity contribution in [2.45, 2.75) is 51.6 Å². The number of hydrogen-bond acceptors (Lipinski definition) is 4. The summed E-state index contributed by atoms with van der Waals surface area (Å²) >= 11 is 0. The number of aliphatic hydroxyl groups excluding tert-OH is 2. The molecule has 0 amide bonds. The first-order valence-electron chi connectivity index (χ1n) is 6.45. The first kappa shape index (κ1) is 12.3. The van der Waals surface area contributed by atoms with E-state index < -0.39 is 6.23 Å². The van der Waals surface area contributed by atoms with Crippen LogP contribution in [-0.2, 0) is 0 Å². The average Bonchev–Trinajstić information content (AvgIpc) is 2.70. The van der Waals surface area contributed by atoms with Crippen LogP contribution in [0.5, 0.6) is 0 Å². The highest BCUT2D eigenvalue weighted by Crippen LogP contribution is 2.29. The van der Waals surface area contributed by atoms with Gasteiger partial charge in [0, 0.05) is 18.9 Å². The molecule has 0 spiro atoms. The van der Waals surface area contributed by atoms with E-state index in [4.69, 9.17) is 0 Å². The van der Waals surface area contributed by atoms with Crippen LogP contribution in [0.25, 0.3) is 0 Å². The molecule has 2 fully saturated rings. The van der Waals surface area contributed by atoms with E-state index in [1.54, 1.807) is 0 Å². The molecule has 2 aliphatic heterocycles. The Morgan fingerprint density at radius 3 is 2.62 bits per heavy atom. The first-order valence-corrected chi connectivity index (χ1v) is 6.45. The summed E-state index contributed by atoms with van der Waals surface area (Å²) in [4.78, 5) is 2.13.